The van der Waals surface area contributed by atoms with Gasteiger partial charge < -0.3 is 9.80 Å². The molecule has 10 aromatic rings. The van der Waals surface area contributed by atoms with Crippen LogP contribution in [0.1, 0.15) is 99.9 Å². The summed E-state index contributed by atoms with van der Waals surface area (Å²) in [7, 11) is 0. The van der Waals surface area contributed by atoms with Crippen LogP contribution in [0.2, 0.25) is 0 Å². The molecule has 0 amide bonds. The van der Waals surface area contributed by atoms with Crippen molar-refractivity contribution in [3.05, 3.63) is 324 Å². The van der Waals surface area contributed by atoms with Gasteiger partial charge in [0.1, 0.15) is 0 Å². The van der Waals surface area contributed by atoms with Crippen molar-refractivity contribution in [2.75, 3.05) is 9.80 Å². The van der Waals surface area contributed by atoms with Gasteiger partial charge in [-0.3, -0.25) is 0 Å². The molecule has 0 N–H and O–H groups in total. The summed E-state index contributed by atoms with van der Waals surface area (Å²) in [5.74, 6) is 0. The van der Waals surface area contributed by atoms with Crippen molar-refractivity contribution in [2.45, 2.75) is 77.0 Å². The maximum absolute atomic E-state index is 2.43. The summed E-state index contributed by atoms with van der Waals surface area (Å²) in [4.78, 5) is 4.86. The minimum atomic E-state index is -0.219. The molecule has 0 bridgehead atoms. The Kier molecular flexibility index (Phi) is 13.4. The Morgan fingerprint density at radius 2 is 0.537 bits per heavy atom. The van der Waals surface area contributed by atoms with Gasteiger partial charge >= 0.3 is 0 Å². The van der Waals surface area contributed by atoms with E-state index in [1.165, 1.54) is 71.6 Å². The monoisotopic (exact) mass is 1030 g/mol. The highest BCUT2D eigenvalue weighted by Crippen LogP contribution is 2.47. The third-order valence-corrected chi connectivity index (χ3v) is 17.7. The Morgan fingerprint density at radius 3 is 0.938 bits per heavy atom. The maximum Gasteiger partial charge on any atom is 0.0540 e. The van der Waals surface area contributed by atoms with Crippen molar-refractivity contribution in [1.29, 1.82) is 0 Å². The molecule has 392 valence electrons. The summed E-state index contributed by atoms with van der Waals surface area (Å²) in [6.07, 6.45) is 0. The standard InChI is InChI=1S/C78H70N2/c1-75(2,60-24-11-9-12-25-60)62-39-47-70(48-40-62)80(71-49-41-63(42-50-71)76(3,4)61-26-13-10-14-27-61)74-51-32-59-54-72(28-19-29-73(59)74)79(68-43-35-64(36-44-68)77(5,6)66-33-30-55-20-15-17-22-57(55)52-66)69-45-37-65(38-46-69)78(7,8)67-34-31-56-21-16-18-23-58(56)53-67/h9-54H,1-8H3. The third kappa shape index (κ3) is 9.64. The molecule has 0 heterocycles. The van der Waals surface area contributed by atoms with Gasteiger partial charge in [0, 0.05) is 55.7 Å². The molecule has 2 heteroatoms. The van der Waals surface area contributed by atoms with Crippen LogP contribution in [0.25, 0.3) is 32.7 Å². The van der Waals surface area contributed by atoms with E-state index in [9.17, 15) is 0 Å². The van der Waals surface area contributed by atoms with Crippen molar-refractivity contribution >= 4 is 55.7 Å². The molecular weight excluding hydrogens is 965 g/mol. The lowest BCUT2D eigenvalue weighted by Gasteiger charge is -2.30. The first kappa shape index (κ1) is 51.8. The van der Waals surface area contributed by atoms with Crippen LogP contribution in [-0.4, -0.2) is 0 Å². The molecule has 0 saturated carbocycles. The van der Waals surface area contributed by atoms with E-state index in [1.54, 1.807) is 0 Å². The number of benzene rings is 10. The highest BCUT2D eigenvalue weighted by atomic mass is 15.2. The van der Waals surface area contributed by atoms with E-state index in [2.05, 4.69) is 344 Å². The molecule has 0 unspecified atom stereocenters. The Hall–Kier alpha value is -8.98. The zero-order chi connectivity index (χ0) is 55.2. The SMILES string of the molecule is CC(C)(c1ccccc1)c1ccc(N(c2ccc(C(C)(C)c3ccccc3)cc2)c2ccc3cc(N(c4ccc(C(C)(C)c5ccc6ccccc6c5)cc4)c4ccc(C(C)(C)c5ccc6ccccc6c5)cc4)cccc2-3)cc1. The molecule has 0 atom stereocenters. The fourth-order valence-corrected chi connectivity index (χ4v) is 12.1. The number of rotatable bonds is 14. The average Bonchev–Trinajstić information content (AvgIpc) is 3.80. The number of hydrogen-bond donors (Lipinski definition) is 0. The smallest absolute Gasteiger partial charge is 0.0540 e. The fourth-order valence-electron chi connectivity index (χ4n) is 12.1. The predicted octanol–water partition coefficient (Wildman–Crippen LogP) is 21.3. The molecule has 2 aliphatic rings. The topological polar surface area (TPSA) is 6.48 Å². The molecular formula is C78H70N2. The molecule has 12 rings (SSSR count). The molecule has 2 aliphatic carbocycles. The van der Waals surface area contributed by atoms with Crippen LogP contribution in [0.4, 0.5) is 34.1 Å². The van der Waals surface area contributed by atoms with Crippen LogP contribution in [-0.2, 0) is 21.7 Å². The minimum absolute atomic E-state index is 0.167. The van der Waals surface area contributed by atoms with Gasteiger partial charge in [-0.15, -0.1) is 0 Å². The van der Waals surface area contributed by atoms with E-state index in [4.69, 9.17) is 0 Å². The van der Waals surface area contributed by atoms with E-state index in [0.29, 0.717) is 0 Å². The lowest BCUT2D eigenvalue weighted by molar-refractivity contribution is 0.641. The van der Waals surface area contributed by atoms with Gasteiger partial charge in [0.15, 0.2) is 0 Å². The molecule has 0 saturated heterocycles. The van der Waals surface area contributed by atoms with Crippen LogP contribution in [0.3, 0.4) is 0 Å². The van der Waals surface area contributed by atoms with Gasteiger partial charge in [0.05, 0.1) is 5.69 Å². The van der Waals surface area contributed by atoms with E-state index in [1.807, 2.05) is 0 Å². The van der Waals surface area contributed by atoms with Crippen LogP contribution in [0.5, 0.6) is 0 Å². The highest BCUT2D eigenvalue weighted by Gasteiger charge is 2.29. The summed E-state index contributed by atoms with van der Waals surface area (Å²) >= 11 is 0. The second-order valence-electron chi connectivity index (χ2n) is 23.9. The van der Waals surface area contributed by atoms with Gasteiger partial charge in [-0.25, -0.2) is 0 Å². The van der Waals surface area contributed by atoms with Crippen LogP contribution in [0, 0.1) is 0 Å². The minimum Gasteiger partial charge on any atom is -0.310 e. The molecule has 2 nitrogen and oxygen atoms in total. The van der Waals surface area contributed by atoms with Crippen LogP contribution >= 0.6 is 0 Å². The first-order valence-corrected chi connectivity index (χ1v) is 28.3. The van der Waals surface area contributed by atoms with E-state index in [-0.39, 0.29) is 21.7 Å². The van der Waals surface area contributed by atoms with E-state index in [0.717, 1.165) is 39.7 Å². The lowest BCUT2D eigenvalue weighted by atomic mass is 9.77. The Morgan fingerprint density at radius 1 is 0.212 bits per heavy atom. The maximum atomic E-state index is 2.43. The van der Waals surface area contributed by atoms with Crippen molar-refractivity contribution in [2.24, 2.45) is 0 Å². The first-order valence-electron chi connectivity index (χ1n) is 28.3. The van der Waals surface area contributed by atoms with Crippen molar-refractivity contribution < 1.29 is 0 Å². The van der Waals surface area contributed by atoms with Gasteiger partial charge in [0.2, 0.25) is 0 Å². The Bertz CT molecular complexity index is 3840. The average molecular weight is 1040 g/mol. The first-order chi connectivity index (χ1) is 38.7. The fraction of sp³-hybridized carbons (Fsp3) is 0.154. The van der Waals surface area contributed by atoms with Crippen molar-refractivity contribution in [1.82, 2.24) is 0 Å². The third-order valence-electron chi connectivity index (χ3n) is 17.7. The zero-order valence-corrected chi connectivity index (χ0v) is 47.5. The number of fused-ring (bicyclic) bond motifs is 3. The second-order valence-corrected chi connectivity index (χ2v) is 23.9. The summed E-state index contributed by atoms with van der Waals surface area (Å²) < 4.78 is 0. The molecule has 0 spiro atoms. The summed E-state index contributed by atoms with van der Waals surface area (Å²) in [6.45, 7) is 18.6. The van der Waals surface area contributed by atoms with Gasteiger partial charge in [-0.05, 0) is 138 Å². The molecule has 0 fully saturated rings. The molecule has 10 aromatic carbocycles. The second kappa shape index (κ2) is 20.7. The zero-order valence-electron chi connectivity index (χ0n) is 47.5. The Balaban J connectivity index is 0.938. The van der Waals surface area contributed by atoms with Gasteiger partial charge in [0.25, 0.3) is 0 Å². The van der Waals surface area contributed by atoms with Gasteiger partial charge in [-0.2, -0.15) is 0 Å². The largest absolute Gasteiger partial charge is 0.310 e. The molecule has 0 radical (unpaired) electrons. The molecule has 80 heavy (non-hydrogen) atoms. The predicted molar refractivity (Wildman–Crippen MR) is 342 cm³/mol. The lowest BCUT2D eigenvalue weighted by Crippen LogP contribution is -2.19. The summed E-state index contributed by atoms with van der Waals surface area (Å²) in [5, 5.41) is 5.04. The van der Waals surface area contributed by atoms with E-state index < -0.39 is 0 Å². The van der Waals surface area contributed by atoms with Crippen molar-refractivity contribution in [3.8, 4) is 11.1 Å². The summed E-state index contributed by atoms with van der Waals surface area (Å²) in [5.41, 5.74) is 18.4. The molecule has 0 aromatic heterocycles. The van der Waals surface area contributed by atoms with Crippen molar-refractivity contribution in [3.63, 3.8) is 0 Å². The van der Waals surface area contributed by atoms with Crippen LogP contribution in [0.15, 0.2) is 279 Å². The molecule has 0 aliphatic heterocycles. The normalized spacial score (nSPS) is 12.2. The van der Waals surface area contributed by atoms with E-state index >= 15 is 0 Å². The van der Waals surface area contributed by atoms with Gasteiger partial charge in [-0.1, -0.05) is 268 Å². The quantitative estimate of drug-likeness (QED) is 0.107. The summed E-state index contributed by atoms with van der Waals surface area (Å²) in [6, 6.07) is 103. The number of nitrogens with zero attached hydrogens (tertiary/aromatic N) is 2. The number of anilines is 6. The highest BCUT2D eigenvalue weighted by molar-refractivity contribution is 5.92. The number of hydrogen-bond acceptors (Lipinski definition) is 2. The Labute approximate surface area is 474 Å². The van der Waals surface area contributed by atoms with Crippen LogP contribution < -0.4 is 9.80 Å².